The van der Waals surface area contributed by atoms with E-state index < -0.39 is 0 Å². The molecule has 2 atom stereocenters. The zero-order valence-corrected chi connectivity index (χ0v) is 10.6. The first-order chi connectivity index (χ1) is 8.83. The number of ether oxygens (including phenoxy) is 1. The van der Waals surface area contributed by atoms with Gasteiger partial charge in [-0.15, -0.1) is 0 Å². The molecule has 0 aliphatic carbocycles. The number of hydrogen-bond acceptors (Lipinski definition) is 5. The summed E-state index contributed by atoms with van der Waals surface area (Å²) < 4.78 is 7.99. The predicted octanol–water partition coefficient (Wildman–Crippen LogP) is 1.96. The van der Waals surface area contributed by atoms with Gasteiger partial charge in [0.25, 0.3) is 0 Å². The predicted molar refractivity (Wildman–Crippen MR) is 68.3 cm³/mol. The third-order valence-electron chi connectivity index (χ3n) is 3.45. The van der Waals surface area contributed by atoms with Gasteiger partial charge in [0.1, 0.15) is 18.1 Å². The highest BCUT2D eigenvalue weighted by molar-refractivity contribution is 5.82. The summed E-state index contributed by atoms with van der Waals surface area (Å²) in [5.74, 6) is 0.754. The van der Waals surface area contributed by atoms with E-state index in [4.69, 9.17) is 4.74 Å². The van der Waals surface area contributed by atoms with Crippen LogP contribution in [0.2, 0.25) is 0 Å². The molecule has 2 aromatic rings. The van der Waals surface area contributed by atoms with Gasteiger partial charge in [0, 0.05) is 7.05 Å². The van der Waals surface area contributed by atoms with Gasteiger partial charge in [-0.1, -0.05) is 6.92 Å². The van der Waals surface area contributed by atoms with Gasteiger partial charge in [-0.25, -0.2) is 15.0 Å². The normalized spacial score (nSPS) is 23.7. The monoisotopic (exact) mass is 247 g/mol. The maximum Gasteiger partial charge on any atom is 0.167 e. The van der Waals surface area contributed by atoms with Crippen LogP contribution in [0.25, 0.3) is 11.2 Å². The zero-order chi connectivity index (χ0) is 12.5. The minimum Gasteiger partial charge on any atom is -0.371 e. The molecule has 0 radical (unpaired) electrons. The lowest BCUT2D eigenvalue weighted by Crippen LogP contribution is -2.10. The Morgan fingerprint density at radius 1 is 1.39 bits per heavy atom. The number of imidazole rings is 1. The van der Waals surface area contributed by atoms with E-state index in [9.17, 15) is 0 Å². The summed E-state index contributed by atoms with van der Waals surface area (Å²) in [7, 11) is 1.83. The number of aromatic nitrogens is 4. The fourth-order valence-corrected chi connectivity index (χ4v) is 2.44. The minimum absolute atomic E-state index is 0.0551. The van der Waals surface area contributed by atoms with Gasteiger partial charge in [-0.05, 0) is 19.3 Å². The van der Waals surface area contributed by atoms with Gasteiger partial charge < -0.3 is 10.1 Å². The third-order valence-corrected chi connectivity index (χ3v) is 3.45. The molecule has 0 aromatic carbocycles. The molecule has 96 valence electrons. The van der Waals surface area contributed by atoms with Crippen LogP contribution in [0.5, 0.6) is 0 Å². The summed E-state index contributed by atoms with van der Waals surface area (Å²) in [6.45, 7) is 2.15. The highest BCUT2D eigenvalue weighted by atomic mass is 16.5. The van der Waals surface area contributed by atoms with Crippen LogP contribution in [-0.4, -0.2) is 32.7 Å². The lowest BCUT2D eigenvalue weighted by molar-refractivity contribution is 0.00289. The van der Waals surface area contributed by atoms with E-state index in [0.717, 1.165) is 36.2 Å². The van der Waals surface area contributed by atoms with Crippen molar-refractivity contribution in [1.29, 1.82) is 0 Å². The number of fused-ring (bicyclic) bond motifs is 1. The van der Waals surface area contributed by atoms with Crippen molar-refractivity contribution in [2.24, 2.45) is 0 Å². The molecule has 0 spiro atoms. The zero-order valence-electron chi connectivity index (χ0n) is 10.6. The molecule has 1 fully saturated rings. The number of rotatable bonds is 3. The lowest BCUT2D eigenvalue weighted by Gasteiger charge is -2.14. The average Bonchev–Trinajstić information content (AvgIpc) is 3.03. The topological polar surface area (TPSA) is 64.9 Å². The van der Waals surface area contributed by atoms with Gasteiger partial charge >= 0.3 is 0 Å². The Kier molecular flexibility index (Phi) is 2.87. The molecule has 1 N–H and O–H groups in total. The summed E-state index contributed by atoms with van der Waals surface area (Å²) in [4.78, 5) is 12.9. The molecule has 0 saturated carbocycles. The van der Waals surface area contributed by atoms with E-state index in [0.29, 0.717) is 6.10 Å². The van der Waals surface area contributed by atoms with Crippen molar-refractivity contribution < 1.29 is 4.74 Å². The SMILES string of the molecule is CCC1CCC(n2cnc3c(NC)ncnc32)O1. The van der Waals surface area contributed by atoms with Crippen LogP contribution in [0, 0.1) is 0 Å². The van der Waals surface area contributed by atoms with Gasteiger partial charge in [0.15, 0.2) is 11.5 Å². The Morgan fingerprint density at radius 2 is 2.28 bits per heavy atom. The molecule has 2 aromatic heterocycles. The summed E-state index contributed by atoms with van der Waals surface area (Å²) >= 11 is 0. The second-order valence-corrected chi connectivity index (χ2v) is 4.49. The molecule has 0 bridgehead atoms. The van der Waals surface area contributed by atoms with Gasteiger partial charge in [0.05, 0.1) is 12.4 Å². The summed E-state index contributed by atoms with van der Waals surface area (Å²) in [5.41, 5.74) is 1.62. The number of nitrogens with zero attached hydrogens (tertiary/aromatic N) is 4. The minimum atomic E-state index is 0.0551. The van der Waals surface area contributed by atoms with E-state index in [2.05, 4.69) is 27.2 Å². The van der Waals surface area contributed by atoms with Crippen molar-refractivity contribution >= 4 is 17.0 Å². The first-order valence-corrected chi connectivity index (χ1v) is 6.34. The van der Waals surface area contributed by atoms with Crippen molar-refractivity contribution in [2.45, 2.75) is 38.5 Å². The first-order valence-electron chi connectivity index (χ1n) is 6.34. The molecule has 6 nitrogen and oxygen atoms in total. The summed E-state index contributed by atoms with van der Waals surface area (Å²) in [6, 6.07) is 0. The Bertz CT molecular complexity index is 552. The van der Waals surface area contributed by atoms with Crippen molar-refractivity contribution in [3.05, 3.63) is 12.7 Å². The van der Waals surface area contributed by atoms with E-state index in [1.165, 1.54) is 0 Å². The third kappa shape index (κ3) is 1.73. The van der Waals surface area contributed by atoms with E-state index in [1.54, 1.807) is 12.7 Å². The molecule has 1 aliphatic rings. The molecule has 1 aliphatic heterocycles. The molecule has 3 rings (SSSR count). The first kappa shape index (κ1) is 11.4. The average molecular weight is 247 g/mol. The molecular weight excluding hydrogens is 230 g/mol. The van der Waals surface area contributed by atoms with Gasteiger partial charge in [-0.3, -0.25) is 4.57 Å². The van der Waals surface area contributed by atoms with Crippen LogP contribution in [0.4, 0.5) is 5.82 Å². The van der Waals surface area contributed by atoms with E-state index in [-0.39, 0.29) is 6.23 Å². The van der Waals surface area contributed by atoms with Gasteiger partial charge in [0.2, 0.25) is 0 Å². The smallest absolute Gasteiger partial charge is 0.167 e. The molecule has 2 unspecified atom stereocenters. The summed E-state index contributed by atoms with van der Waals surface area (Å²) in [5, 5.41) is 3.03. The van der Waals surface area contributed by atoms with Crippen molar-refractivity contribution in [1.82, 2.24) is 19.5 Å². The van der Waals surface area contributed by atoms with Crippen LogP contribution in [0.1, 0.15) is 32.4 Å². The standard InChI is InChI=1S/C12H17N5O/c1-3-8-4-5-9(18-8)17-7-16-10-11(13-2)14-6-15-12(10)17/h6-9H,3-5H2,1-2H3,(H,13,14,15). The second kappa shape index (κ2) is 4.53. The Labute approximate surface area is 105 Å². The maximum atomic E-state index is 5.98. The molecule has 18 heavy (non-hydrogen) atoms. The molecule has 0 amide bonds. The Hall–Kier alpha value is -1.69. The van der Waals surface area contributed by atoms with Crippen molar-refractivity contribution in [2.75, 3.05) is 12.4 Å². The maximum absolute atomic E-state index is 5.98. The Morgan fingerprint density at radius 3 is 3.00 bits per heavy atom. The van der Waals surface area contributed by atoms with Crippen LogP contribution < -0.4 is 5.32 Å². The molecular formula is C12H17N5O. The van der Waals surface area contributed by atoms with E-state index in [1.807, 2.05) is 11.6 Å². The number of nitrogens with one attached hydrogen (secondary N) is 1. The largest absolute Gasteiger partial charge is 0.371 e. The second-order valence-electron chi connectivity index (χ2n) is 4.49. The fourth-order valence-electron chi connectivity index (χ4n) is 2.44. The highest BCUT2D eigenvalue weighted by Crippen LogP contribution is 2.32. The molecule has 3 heterocycles. The van der Waals surface area contributed by atoms with Crippen LogP contribution in [-0.2, 0) is 4.74 Å². The lowest BCUT2D eigenvalue weighted by atomic mass is 10.2. The van der Waals surface area contributed by atoms with E-state index >= 15 is 0 Å². The van der Waals surface area contributed by atoms with Gasteiger partial charge in [-0.2, -0.15) is 0 Å². The molecule has 6 heteroatoms. The van der Waals surface area contributed by atoms with Crippen LogP contribution >= 0.6 is 0 Å². The Balaban J connectivity index is 1.98. The van der Waals surface area contributed by atoms with Crippen LogP contribution in [0.3, 0.4) is 0 Å². The van der Waals surface area contributed by atoms with Crippen molar-refractivity contribution in [3.8, 4) is 0 Å². The van der Waals surface area contributed by atoms with Crippen LogP contribution in [0.15, 0.2) is 12.7 Å². The van der Waals surface area contributed by atoms with Crippen molar-refractivity contribution in [3.63, 3.8) is 0 Å². The summed E-state index contributed by atoms with van der Waals surface area (Å²) in [6.07, 6.45) is 6.94. The number of anilines is 1. The molecule has 1 saturated heterocycles. The highest BCUT2D eigenvalue weighted by Gasteiger charge is 2.27. The number of hydrogen-bond donors (Lipinski definition) is 1. The fraction of sp³-hybridized carbons (Fsp3) is 0.583. The quantitative estimate of drug-likeness (QED) is 0.898.